The van der Waals surface area contributed by atoms with Gasteiger partial charge < -0.3 is 19.0 Å². The van der Waals surface area contributed by atoms with Crippen LogP contribution in [0, 0.1) is 0 Å². The third-order valence-electron chi connectivity index (χ3n) is 4.21. The maximum atomic E-state index is 12.6. The Balaban J connectivity index is 2.01. The lowest BCUT2D eigenvalue weighted by atomic mass is 10.1. The molecule has 0 saturated carbocycles. The number of unbranched alkanes of at least 4 members (excludes halogenated alkanes) is 2. The number of rotatable bonds is 9. The topological polar surface area (TPSA) is 86.0 Å². The third kappa shape index (κ3) is 4.71. The Morgan fingerprint density at radius 2 is 1.79 bits per heavy atom. The molecule has 2 aromatic carbocycles. The Morgan fingerprint density at radius 3 is 2.50 bits per heavy atom. The molecule has 0 spiro atoms. The van der Waals surface area contributed by atoms with E-state index in [2.05, 4.69) is 6.92 Å². The summed E-state index contributed by atoms with van der Waals surface area (Å²) in [6.45, 7) is 2.03. The number of carboxylic acids is 1. The van der Waals surface area contributed by atoms with Gasteiger partial charge in [0, 0.05) is 17.7 Å². The molecule has 0 atom stereocenters. The second kappa shape index (κ2) is 9.08. The van der Waals surface area contributed by atoms with Crippen LogP contribution in [0.25, 0.3) is 22.3 Å². The number of hydrogen-bond acceptors (Lipinski definition) is 5. The first-order chi connectivity index (χ1) is 13.6. The number of hydrogen-bond donors (Lipinski definition) is 1. The van der Waals surface area contributed by atoms with Crippen LogP contribution in [0.1, 0.15) is 26.2 Å². The van der Waals surface area contributed by atoms with E-state index < -0.39 is 12.6 Å². The molecule has 0 bridgehead atoms. The molecule has 3 aromatic rings. The van der Waals surface area contributed by atoms with Gasteiger partial charge in [-0.25, -0.2) is 4.79 Å². The van der Waals surface area contributed by atoms with Crippen molar-refractivity contribution in [1.29, 1.82) is 0 Å². The van der Waals surface area contributed by atoms with E-state index in [9.17, 15) is 9.59 Å². The van der Waals surface area contributed by atoms with Gasteiger partial charge in [0.2, 0.25) is 0 Å². The van der Waals surface area contributed by atoms with Crippen LogP contribution in [0.3, 0.4) is 0 Å². The average molecular weight is 382 g/mol. The number of carboxylic acid groups (broad SMARTS) is 1. The summed E-state index contributed by atoms with van der Waals surface area (Å²) in [4.78, 5) is 23.5. The van der Waals surface area contributed by atoms with Crippen molar-refractivity contribution in [1.82, 2.24) is 0 Å². The fraction of sp³-hybridized carbons (Fsp3) is 0.273. The van der Waals surface area contributed by atoms with Crippen molar-refractivity contribution >= 4 is 16.9 Å². The van der Waals surface area contributed by atoms with Gasteiger partial charge in [-0.1, -0.05) is 50.1 Å². The van der Waals surface area contributed by atoms with Crippen LogP contribution < -0.4 is 14.9 Å². The third-order valence-corrected chi connectivity index (χ3v) is 4.21. The smallest absolute Gasteiger partial charge is 0.341 e. The van der Waals surface area contributed by atoms with E-state index in [1.54, 1.807) is 6.07 Å². The van der Waals surface area contributed by atoms with Crippen molar-refractivity contribution in [3.63, 3.8) is 0 Å². The number of ether oxygens (including phenoxy) is 2. The van der Waals surface area contributed by atoms with Gasteiger partial charge in [-0.2, -0.15) is 0 Å². The summed E-state index contributed by atoms with van der Waals surface area (Å²) in [7, 11) is 0. The summed E-state index contributed by atoms with van der Waals surface area (Å²) in [5, 5.41) is 9.28. The molecule has 0 saturated heterocycles. The van der Waals surface area contributed by atoms with Crippen molar-refractivity contribution in [3.05, 3.63) is 58.8 Å². The molecule has 28 heavy (non-hydrogen) atoms. The van der Waals surface area contributed by atoms with Crippen LogP contribution in [0.5, 0.6) is 11.5 Å². The first-order valence-corrected chi connectivity index (χ1v) is 9.23. The number of carbonyl (C=O) groups is 1. The molecule has 0 aliphatic heterocycles. The van der Waals surface area contributed by atoms with Gasteiger partial charge in [0.05, 0.1) is 12.0 Å². The summed E-state index contributed by atoms with van der Waals surface area (Å²) in [6.07, 6.45) is 2.92. The van der Waals surface area contributed by atoms with Crippen molar-refractivity contribution in [2.24, 2.45) is 0 Å². The molecule has 1 N–H and O–H groups in total. The van der Waals surface area contributed by atoms with Gasteiger partial charge >= 0.3 is 5.97 Å². The van der Waals surface area contributed by atoms with Gasteiger partial charge in [0.15, 0.2) is 23.5 Å². The second-order valence-electron chi connectivity index (χ2n) is 6.37. The zero-order chi connectivity index (χ0) is 19.9. The van der Waals surface area contributed by atoms with Gasteiger partial charge in [-0.3, -0.25) is 4.79 Å². The fourth-order valence-electron chi connectivity index (χ4n) is 2.81. The lowest BCUT2D eigenvalue weighted by Gasteiger charge is -2.13. The van der Waals surface area contributed by atoms with E-state index in [1.165, 1.54) is 12.1 Å². The van der Waals surface area contributed by atoms with E-state index in [4.69, 9.17) is 19.0 Å². The first kappa shape index (κ1) is 19.5. The van der Waals surface area contributed by atoms with Crippen molar-refractivity contribution < 1.29 is 23.8 Å². The van der Waals surface area contributed by atoms with Crippen LogP contribution in [-0.2, 0) is 4.79 Å². The lowest BCUT2D eigenvalue weighted by molar-refractivity contribution is -0.139. The summed E-state index contributed by atoms with van der Waals surface area (Å²) in [5.41, 5.74) is 0.880. The minimum atomic E-state index is -1.10. The zero-order valence-corrected chi connectivity index (χ0v) is 15.6. The SMILES string of the molecule is CCCCCOc1cc2c(=O)cc(-c3ccccc3)oc2cc1OCC(=O)O. The Labute approximate surface area is 162 Å². The maximum absolute atomic E-state index is 12.6. The molecule has 146 valence electrons. The summed E-state index contributed by atoms with van der Waals surface area (Å²) >= 11 is 0. The van der Waals surface area contributed by atoms with Crippen molar-refractivity contribution in [3.8, 4) is 22.8 Å². The highest BCUT2D eigenvalue weighted by molar-refractivity contribution is 5.82. The van der Waals surface area contributed by atoms with E-state index in [0.717, 1.165) is 24.8 Å². The summed E-state index contributed by atoms with van der Waals surface area (Å²) in [6, 6.07) is 13.8. The predicted molar refractivity (Wildman–Crippen MR) is 106 cm³/mol. The Morgan fingerprint density at radius 1 is 1.04 bits per heavy atom. The molecule has 3 rings (SSSR count). The molecule has 1 heterocycles. The molecule has 0 amide bonds. The van der Waals surface area contributed by atoms with Crippen LogP contribution in [0.4, 0.5) is 0 Å². The highest BCUT2D eigenvalue weighted by Crippen LogP contribution is 2.33. The van der Waals surface area contributed by atoms with Gasteiger partial charge in [0.25, 0.3) is 0 Å². The van der Waals surface area contributed by atoms with E-state index in [-0.39, 0.29) is 11.2 Å². The lowest BCUT2D eigenvalue weighted by Crippen LogP contribution is -2.11. The fourth-order valence-corrected chi connectivity index (χ4v) is 2.81. The average Bonchev–Trinajstić information content (AvgIpc) is 2.70. The molecule has 0 aliphatic rings. The minimum absolute atomic E-state index is 0.205. The van der Waals surface area contributed by atoms with Crippen LogP contribution in [0.15, 0.2) is 57.7 Å². The van der Waals surface area contributed by atoms with Gasteiger partial charge in [-0.15, -0.1) is 0 Å². The molecule has 0 aliphatic carbocycles. The van der Waals surface area contributed by atoms with E-state index in [1.807, 2.05) is 30.3 Å². The number of fused-ring (bicyclic) bond motifs is 1. The Hall–Kier alpha value is -3.28. The normalized spacial score (nSPS) is 10.8. The molecule has 0 unspecified atom stereocenters. The molecule has 6 nitrogen and oxygen atoms in total. The standard InChI is InChI=1S/C22H22O6/c1-2-3-7-10-26-20-11-16-17(23)12-18(15-8-5-4-6-9-15)28-19(16)13-21(20)27-14-22(24)25/h4-6,8-9,11-13H,2-3,7,10,14H2,1H3,(H,24,25). The van der Waals surface area contributed by atoms with Crippen molar-refractivity contribution in [2.75, 3.05) is 13.2 Å². The second-order valence-corrected chi connectivity index (χ2v) is 6.37. The maximum Gasteiger partial charge on any atom is 0.341 e. The molecular formula is C22H22O6. The van der Waals surface area contributed by atoms with Gasteiger partial charge in [-0.05, 0) is 12.5 Å². The van der Waals surface area contributed by atoms with Crippen LogP contribution >= 0.6 is 0 Å². The highest BCUT2D eigenvalue weighted by Gasteiger charge is 2.14. The summed E-state index contributed by atoms with van der Waals surface area (Å²) < 4.78 is 17.0. The minimum Gasteiger partial charge on any atom is -0.490 e. The zero-order valence-electron chi connectivity index (χ0n) is 15.6. The van der Waals surface area contributed by atoms with Crippen LogP contribution in [0.2, 0.25) is 0 Å². The van der Waals surface area contributed by atoms with Crippen LogP contribution in [-0.4, -0.2) is 24.3 Å². The van der Waals surface area contributed by atoms with E-state index in [0.29, 0.717) is 29.1 Å². The van der Waals surface area contributed by atoms with Gasteiger partial charge in [0.1, 0.15) is 11.3 Å². The number of aliphatic carboxylic acids is 1. The Bertz CT molecular complexity index is 1010. The largest absolute Gasteiger partial charge is 0.490 e. The molecule has 0 fully saturated rings. The summed E-state index contributed by atoms with van der Waals surface area (Å²) in [5.74, 6) is -0.0974. The molecule has 6 heteroatoms. The highest BCUT2D eigenvalue weighted by atomic mass is 16.5. The molecular weight excluding hydrogens is 360 g/mol. The monoisotopic (exact) mass is 382 g/mol. The van der Waals surface area contributed by atoms with Crippen molar-refractivity contribution in [2.45, 2.75) is 26.2 Å². The van der Waals surface area contributed by atoms with E-state index >= 15 is 0 Å². The first-order valence-electron chi connectivity index (χ1n) is 9.23. The quantitative estimate of drug-likeness (QED) is 0.549. The molecule has 0 radical (unpaired) electrons. The Kier molecular flexibility index (Phi) is 6.32. The number of benzene rings is 2. The molecule has 1 aromatic heterocycles. The predicted octanol–water partition coefficient (Wildman–Crippen LogP) is 4.49.